The van der Waals surface area contributed by atoms with E-state index < -0.39 is 0 Å². The Morgan fingerprint density at radius 2 is 1.50 bits per heavy atom. The zero-order valence-electron chi connectivity index (χ0n) is 5.49. The van der Waals surface area contributed by atoms with Gasteiger partial charge in [0.2, 0.25) is 0 Å². The van der Waals surface area contributed by atoms with E-state index in [2.05, 4.69) is 12.2 Å². The molecular formula is C6H20N2. The molecule has 0 aliphatic heterocycles. The van der Waals surface area contributed by atoms with E-state index in [-0.39, 0.29) is 7.43 Å². The summed E-state index contributed by atoms with van der Waals surface area (Å²) in [7, 11) is 1.93. The van der Waals surface area contributed by atoms with Crippen molar-refractivity contribution >= 4 is 0 Å². The van der Waals surface area contributed by atoms with Crippen LogP contribution in [0.2, 0.25) is 0 Å². The van der Waals surface area contributed by atoms with E-state index in [4.69, 9.17) is 5.73 Å². The minimum absolute atomic E-state index is 0. The van der Waals surface area contributed by atoms with Crippen molar-refractivity contribution in [2.75, 3.05) is 20.1 Å². The van der Waals surface area contributed by atoms with Gasteiger partial charge in [0.25, 0.3) is 0 Å². The highest BCUT2D eigenvalue weighted by molar-refractivity contribution is 4.15. The summed E-state index contributed by atoms with van der Waals surface area (Å²) in [4.78, 5) is 0. The lowest BCUT2D eigenvalue weighted by Gasteiger charge is -1.76. The summed E-state index contributed by atoms with van der Waals surface area (Å²) in [5.74, 6) is 0. The van der Waals surface area contributed by atoms with Gasteiger partial charge >= 0.3 is 0 Å². The number of nitrogens with two attached hydrogens (primary N) is 1. The molecule has 0 atom stereocenters. The van der Waals surface area contributed by atoms with Crippen LogP contribution in [0, 0.1) is 0 Å². The van der Waals surface area contributed by atoms with Gasteiger partial charge in [-0.05, 0) is 20.1 Å². The minimum Gasteiger partial charge on any atom is -0.331 e. The molecule has 0 heterocycles. The number of hydrogen-bond acceptors (Lipinski definition) is 2. The van der Waals surface area contributed by atoms with Gasteiger partial charge in [0.05, 0.1) is 0 Å². The van der Waals surface area contributed by atoms with Gasteiger partial charge in [-0.25, -0.2) is 0 Å². The molecule has 2 nitrogen and oxygen atoms in total. The average molecular weight is 120 g/mol. The Kier molecular flexibility index (Phi) is 55.7. The summed E-state index contributed by atoms with van der Waals surface area (Å²) in [6.45, 7) is 5.79. The first kappa shape index (κ1) is 15.7. The lowest BCUT2D eigenvalue weighted by molar-refractivity contribution is 0.864. The van der Waals surface area contributed by atoms with Gasteiger partial charge in [-0.15, -0.1) is 0 Å². The molecule has 54 valence electrons. The number of nitrogens with one attached hydrogen (secondary N) is 1. The first-order valence-corrected chi connectivity index (χ1v) is 2.68. The van der Waals surface area contributed by atoms with Gasteiger partial charge in [0.15, 0.2) is 0 Å². The van der Waals surface area contributed by atoms with Crippen molar-refractivity contribution in [2.45, 2.75) is 21.3 Å². The third-order valence-corrected chi connectivity index (χ3v) is 0.354. The summed E-state index contributed by atoms with van der Waals surface area (Å²) in [6, 6.07) is 0. The van der Waals surface area contributed by atoms with Gasteiger partial charge in [-0.1, -0.05) is 21.3 Å². The molecule has 0 radical (unpaired) electrons. The van der Waals surface area contributed by atoms with Crippen molar-refractivity contribution in [2.24, 2.45) is 5.73 Å². The molecule has 8 heavy (non-hydrogen) atoms. The fourth-order valence-electron chi connectivity index (χ4n) is 0. The van der Waals surface area contributed by atoms with E-state index in [9.17, 15) is 0 Å². The molecule has 0 fully saturated rings. The van der Waals surface area contributed by atoms with Crippen molar-refractivity contribution in [1.29, 1.82) is 0 Å². The standard InChI is InChI=1S/C3H9N.C2H7N.CH4/c1-3-4-2;1-2-3;/h4H,3H2,1-2H3;2-3H2,1H3;1H4. The highest BCUT2D eigenvalue weighted by Crippen LogP contribution is 1.34. The molecule has 0 aliphatic rings. The van der Waals surface area contributed by atoms with Crippen LogP contribution in [0.3, 0.4) is 0 Å². The normalized spacial score (nSPS) is 6.00. The van der Waals surface area contributed by atoms with Crippen LogP contribution in [-0.4, -0.2) is 20.1 Å². The second kappa shape index (κ2) is 28.4. The van der Waals surface area contributed by atoms with E-state index in [0.29, 0.717) is 0 Å². The summed E-state index contributed by atoms with van der Waals surface area (Å²) < 4.78 is 0. The maximum Gasteiger partial charge on any atom is -0.00804 e. The summed E-state index contributed by atoms with van der Waals surface area (Å²) >= 11 is 0. The van der Waals surface area contributed by atoms with Gasteiger partial charge in [-0.2, -0.15) is 0 Å². The molecule has 0 amide bonds. The molecule has 0 saturated heterocycles. The number of hydrogen-bond donors (Lipinski definition) is 2. The lowest BCUT2D eigenvalue weighted by atomic mass is 10.8. The van der Waals surface area contributed by atoms with Crippen molar-refractivity contribution in [3.8, 4) is 0 Å². The third-order valence-electron chi connectivity index (χ3n) is 0.354. The Morgan fingerprint density at radius 3 is 1.50 bits per heavy atom. The second-order valence-corrected chi connectivity index (χ2v) is 1.12. The van der Waals surface area contributed by atoms with E-state index >= 15 is 0 Å². The topological polar surface area (TPSA) is 38.0 Å². The third kappa shape index (κ3) is 169. The maximum absolute atomic E-state index is 4.85. The monoisotopic (exact) mass is 120 g/mol. The molecule has 0 aromatic heterocycles. The van der Waals surface area contributed by atoms with Gasteiger partial charge in [-0.3, -0.25) is 0 Å². The predicted octanol–water partition coefficient (Wildman–Crippen LogP) is 0.827. The molecule has 0 aromatic rings. The first-order chi connectivity index (χ1) is 3.33. The SMILES string of the molecule is C.CCN.CCNC. The van der Waals surface area contributed by atoms with Crippen molar-refractivity contribution < 1.29 is 0 Å². The Bertz CT molecular complexity index is 14.0. The molecule has 0 aromatic carbocycles. The Hall–Kier alpha value is -0.0800. The maximum atomic E-state index is 4.85. The zero-order chi connectivity index (χ0) is 6.12. The molecule has 0 rings (SSSR count). The average Bonchev–Trinajstić information content (AvgIpc) is 1.69. The lowest BCUT2D eigenvalue weighted by Crippen LogP contribution is -2.01. The zero-order valence-corrected chi connectivity index (χ0v) is 5.49. The molecule has 0 spiro atoms. The Labute approximate surface area is 53.5 Å². The number of rotatable bonds is 1. The van der Waals surface area contributed by atoms with Gasteiger partial charge < -0.3 is 11.1 Å². The van der Waals surface area contributed by atoms with Gasteiger partial charge in [0, 0.05) is 0 Å². The quantitative estimate of drug-likeness (QED) is 0.538. The fraction of sp³-hybridized carbons (Fsp3) is 1.00. The van der Waals surface area contributed by atoms with E-state index in [1.165, 1.54) is 0 Å². The van der Waals surface area contributed by atoms with Crippen LogP contribution in [0.15, 0.2) is 0 Å². The van der Waals surface area contributed by atoms with Crippen LogP contribution in [-0.2, 0) is 0 Å². The van der Waals surface area contributed by atoms with Crippen LogP contribution in [0.25, 0.3) is 0 Å². The van der Waals surface area contributed by atoms with Crippen LogP contribution < -0.4 is 11.1 Å². The second-order valence-electron chi connectivity index (χ2n) is 1.12. The van der Waals surface area contributed by atoms with Crippen LogP contribution in [0.5, 0.6) is 0 Å². The van der Waals surface area contributed by atoms with Crippen molar-refractivity contribution in [1.82, 2.24) is 5.32 Å². The predicted molar refractivity (Wildman–Crippen MR) is 41.1 cm³/mol. The highest BCUT2D eigenvalue weighted by Gasteiger charge is 1.50. The van der Waals surface area contributed by atoms with Crippen LogP contribution >= 0.6 is 0 Å². The summed E-state index contributed by atoms with van der Waals surface area (Å²) in [5.41, 5.74) is 4.85. The molecule has 3 N–H and O–H groups in total. The highest BCUT2D eigenvalue weighted by atomic mass is 14.8. The van der Waals surface area contributed by atoms with Crippen molar-refractivity contribution in [3.05, 3.63) is 0 Å². The minimum atomic E-state index is 0. The molecule has 2 heteroatoms. The van der Waals surface area contributed by atoms with E-state index in [0.717, 1.165) is 13.1 Å². The van der Waals surface area contributed by atoms with Crippen molar-refractivity contribution in [3.63, 3.8) is 0 Å². The molecule has 0 saturated carbocycles. The van der Waals surface area contributed by atoms with E-state index in [1.807, 2.05) is 14.0 Å². The van der Waals surface area contributed by atoms with Crippen LogP contribution in [0.4, 0.5) is 0 Å². The first-order valence-electron chi connectivity index (χ1n) is 2.68. The summed E-state index contributed by atoms with van der Waals surface area (Å²) in [5, 5.41) is 2.93. The summed E-state index contributed by atoms with van der Waals surface area (Å²) in [6.07, 6.45) is 0. The Balaban J connectivity index is -0.0000000575. The van der Waals surface area contributed by atoms with Crippen LogP contribution in [0.1, 0.15) is 21.3 Å². The fourth-order valence-corrected chi connectivity index (χ4v) is 0. The molecule has 0 unspecified atom stereocenters. The molecule has 0 bridgehead atoms. The Morgan fingerprint density at radius 1 is 1.38 bits per heavy atom. The largest absolute Gasteiger partial charge is 0.331 e. The van der Waals surface area contributed by atoms with Gasteiger partial charge in [0.1, 0.15) is 0 Å². The van der Waals surface area contributed by atoms with E-state index in [1.54, 1.807) is 0 Å². The molecule has 0 aliphatic carbocycles. The molecular weight excluding hydrogens is 100 g/mol. The smallest absolute Gasteiger partial charge is 0.00804 e.